The molecule has 0 fully saturated rings. The summed E-state index contributed by atoms with van der Waals surface area (Å²) in [6.07, 6.45) is 2.36. The van der Waals surface area contributed by atoms with E-state index in [1.165, 1.54) is 0 Å². The molecule has 1 atom stereocenters. The van der Waals surface area contributed by atoms with Crippen molar-refractivity contribution in [2.24, 2.45) is 5.73 Å². The molecule has 1 aromatic rings. The molecule has 1 aromatic carbocycles. The van der Waals surface area contributed by atoms with Crippen molar-refractivity contribution >= 4 is 5.91 Å². The quantitative estimate of drug-likeness (QED) is 0.750. The van der Waals surface area contributed by atoms with Crippen LogP contribution in [0.15, 0.2) is 24.3 Å². The molecule has 0 radical (unpaired) electrons. The Morgan fingerprint density at radius 3 is 2.47 bits per heavy atom. The molecule has 1 unspecified atom stereocenters. The summed E-state index contributed by atoms with van der Waals surface area (Å²) in [5.74, 6) is 0.0380. The number of methoxy groups -OCH3 is 1. The minimum absolute atomic E-state index is 0.0380. The van der Waals surface area contributed by atoms with Crippen molar-refractivity contribution in [3.8, 4) is 0 Å². The first-order valence-electron chi connectivity index (χ1n) is 6.75. The van der Waals surface area contributed by atoms with Gasteiger partial charge in [-0.05, 0) is 17.5 Å². The van der Waals surface area contributed by atoms with E-state index in [0.29, 0.717) is 19.6 Å². The molecule has 0 aliphatic rings. The van der Waals surface area contributed by atoms with Gasteiger partial charge in [-0.3, -0.25) is 4.79 Å². The normalized spacial score (nSPS) is 12.2. The van der Waals surface area contributed by atoms with Crippen LogP contribution in [-0.4, -0.2) is 25.7 Å². The van der Waals surface area contributed by atoms with Crippen molar-refractivity contribution in [2.45, 2.75) is 38.8 Å². The second-order valence-corrected chi connectivity index (χ2v) is 4.71. The molecule has 0 bridgehead atoms. The van der Waals surface area contributed by atoms with Gasteiger partial charge in [0.15, 0.2) is 0 Å². The summed E-state index contributed by atoms with van der Waals surface area (Å²) < 4.78 is 5.11. The molecule has 0 aromatic heterocycles. The van der Waals surface area contributed by atoms with Gasteiger partial charge in [0.2, 0.25) is 5.91 Å². The van der Waals surface area contributed by atoms with Crippen LogP contribution in [0.4, 0.5) is 0 Å². The van der Waals surface area contributed by atoms with Crippen molar-refractivity contribution < 1.29 is 9.53 Å². The van der Waals surface area contributed by atoms with E-state index >= 15 is 0 Å². The Bertz CT molecular complexity index is 370. The van der Waals surface area contributed by atoms with Crippen LogP contribution in [-0.2, 0) is 22.5 Å². The summed E-state index contributed by atoms with van der Waals surface area (Å²) in [6, 6.07) is 7.92. The third-order valence-electron chi connectivity index (χ3n) is 2.99. The maximum absolute atomic E-state index is 11.9. The minimum atomic E-state index is 0.0380. The number of hydrogen-bond acceptors (Lipinski definition) is 3. The number of ether oxygens (including phenoxy) is 1. The third kappa shape index (κ3) is 5.85. The predicted octanol–water partition coefficient (Wildman–Crippen LogP) is 1.62. The molecule has 106 valence electrons. The van der Waals surface area contributed by atoms with Gasteiger partial charge in [-0.2, -0.15) is 0 Å². The Balaban J connectivity index is 2.48. The molecule has 4 nitrogen and oxygen atoms in total. The Morgan fingerprint density at radius 2 is 1.95 bits per heavy atom. The fourth-order valence-corrected chi connectivity index (χ4v) is 2.00. The molecule has 0 aliphatic carbocycles. The van der Waals surface area contributed by atoms with Crippen molar-refractivity contribution in [2.75, 3.05) is 13.7 Å². The Kier molecular flexibility index (Phi) is 7.15. The van der Waals surface area contributed by atoms with Gasteiger partial charge in [0.1, 0.15) is 0 Å². The van der Waals surface area contributed by atoms with E-state index in [0.717, 1.165) is 24.0 Å². The standard InChI is InChI=1S/C15H24N2O2/c1-3-4-14(11-19-2)17-15(18)9-12-5-7-13(10-16)8-6-12/h5-8,14H,3-4,9-11,16H2,1-2H3,(H,17,18). The highest BCUT2D eigenvalue weighted by atomic mass is 16.5. The number of rotatable bonds is 8. The topological polar surface area (TPSA) is 64.3 Å². The summed E-state index contributed by atoms with van der Waals surface area (Å²) in [5, 5.41) is 3.01. The maximum Gasteiger partial charge on any atom is 0.224 e. The van der Waals surface area contributed by atoms with Crippen LogP contribution in [0.3, 0.4) is 0 Å². The van der Waals surface area contributed by atoms with Crippen molar-refractivity contribution in [3.05, 3.63) is 35.4 Å². The molecule has 4 heteroatoms. The Labute approximate surface area is 115 Å². The summed E-state index contributed by atoms with van der Waals surface area (Å²) >= 11 is 0. The van der Waals surface area contributed by atoms with E-state index in [2.05, 4.69) is 12.2 Å². The fourth-order valence-electron chi connectivity index (χ4n) is 2.00. The largest absolute Gasteiger partial charge is 0.383 e. The average Bonchev–Trinajstić information content (AvgIpc) is 2.40. The van der Waals surface area contributed by atoms with Gasteiger partial charge in [0.25, 0.3) is 0 Å². The van der Waals surface area contributed by atoms with Crippen molar-refractivity contribution in [3.63, 3.8) is 0 Å². The molecule has 1 rings (SSSR count). The second kappa shape index (κ2) is 8.67. The van der Waals surface area contributed by atoms with E-state index in [-0.39, 0.29) is 11.9 Å². The SMILES string of the molecule is CCCC(COC)NC(=O)Cc1ccc(CN)cc1. The fraction of sp³-hybridized carbons (Fsp3) is 0.533. The average molecular weight is 264 g/mol. The number of carbonyl (C=O) groups is 1. The first-order valence-corrected chi connectivity index (χ1v) is 6.75. The molecule has 1 amide bonds. The summed E-state index contributed by atoms with van der Waals surface area (Å²) in [5.41, 5.74) is 7.62. The first kappa shape index (κ1) is 15.7. The van der Waals surface area contributed by atoms with Gasteiger partial charge in [0.05, 0.1) is 19.1 Å². The van der Waals surface area contributed by atoms with Crippen LogP contribution in [0.5, 0.6) is 0 Å². The van der Waals surface area contributed by atoms with Gasteiger partial charge < -0.3 is 15.8 Å². The van der Waals surface area contributed by atoms with E-state index < -0.39 is 0 Å². The molecule has 3 N–H and O–H groups in total. The molecule has 0 aliphatic heterocycles. The van der Waals surface area contributed by atoms with E-state index in [1.807, 2.05) is 24.3 Å². The molecule has 0 heterocycles. The monoisotopic (exact) mass is 264 g/mol. The van der Waals surface area contributed by atoms with Crippen molar-refractivity contribution in [1.82, 2.24) is 5.32 Å². The zero-order chi connectivity index (χ0) is 14.1. The molecule has 19 heavy (non-hydrogen) atoms. The second-order valence-electron chi connectivity index (χ2n) is 4.71. The number of amides is 1. The molecule has 0 spiro atoms. The van der Waals surface area contributed by atoms with Crippen LogP contribution in [0, 0.1) is 0 Å². The van der Waals surface area contributed by atoms with Gasteiger partial charge in [-0.15, -0.1) is 0 Å². The van der Waals surface area contributed by atoms with E-state index in [9.17, 15) is 4.79 Å². The zero-order valence-electron chi connectivity index (χ0n) is 11.8. The Hall–Kier alpha value is -1.39. The van der Waals surface area contributed by atoms with Crippen molar-refractivity contribution in [1.29, 1.82) is 0 Å². The number of benzene rings is 1. The van der Waals surface area contributed by atoms with Gasteiger partial charge in [0, 0.05) is 13.7 Å². The van der Waals surface area contributed by atoms with Crippen LogP contribution in [0.1, 0.15) is 30.9 Å². The lowest BCUT2D eigenvalue weighted by Crippen LogP contribution is -2.38. The van der Waals surface area contributed by atoms with Crippen LogP contribution in [0.25, 0.3) is 0 Å². The number of hydrogen-bond donors (Lipinski definition) is 2. The van der Waals surface area contributed by atoms with Gasteiger partial charge in [-0.1, -0.05) is 37.6 Å². The summed E-state index contributed by atoms with van der Waals surface area (Å²) in [6.45, 7) is 3.19. The van der Waals surface area contributed by atoms with Gasteiger partial charge in [-0.25, -0.2) is 0 Å². The maximum atomic E-state index is 11.9. The highest BCUT2D eigenvalue weighted by molar-refractivity contribution is 5.78. The van der Waals surface area contributed by atoms with Crippen LogP contribution >= 0.6 is 0 Å². The third-order valence-corrected chi connectivity index (χ3v) is 2.99. The number of carbonyl (C=O) groups excluding carboxylic acids is 1. The van der Waals surface area contributed by atoms with E-state index in [4.69, 9.17) is 10.5 Å². The smallest absolute Gasteiger partial charge is 0.224 e. The Morgan fingerprint density at radius 1 is 1.32 bits per heavy atom. The minimum Gasteiger partial charge on any atom is -0.383 e. The highest BCUT2D eigenvalue weighted by Gasteiger charge is 2.11. The highest BCUT2D eigenvalue weighted by Crippen LogP contribution is 2.05. The summed E-state index contributed by atoms with van der Waals surface area (Å²) in [7, 11) is 1.65. The lowest BCUT2D eigenvalue weighted by molar-refractivity contribution is -0.121. The van der Waals surface area contributed by atoms with Crippen LogP contribution in [0.2, 0.25) is 0 Å². The number of nitrogens with one attached hydrogen (secondary N) is 1. The summed E-state index contributed by atoms with van der Waals surface area (Å²) in [4.78, 5) is 11.9. The lowest BCUT2D eigenvalue weighted by Gasteiger charge is -2.17. The first-order chi connectivity index (χ1) is 9.19. The molecular formula is C15H24N2O2. The zero-order valence-corrected chi connectivity index (χ0v) is 11.8. The van der Waals surface area contributed by atoms with E-state index in [1.54, 1.807) is 7.11 Å². The predicted molar refractivity (Wildman–Crippen MR) is 76.8 cm³/mol. The van der Waals surface area contributed by atoms with Gasteiger partial charge >= 0.3 is 0 Å². The molecular weight excluding hydrogens is 240 g/mol. The molecule has 0 saturated heterocycles. The van der Waals surface area contributed by atoms with Crippen LogP contribution < -0.4 is 11.1 Å². The molecule has 0 saturated carbocycles. The number of nitrogens with two attached hydrogens (primary N) is 1. The lowest BCUT2D eigenvalue weighted by atomic mass is 10.1.